The molecule has 0 unspecified atom stereocenters. The summed E-state index contributed by atoms with van der Waals surface area (Å²) in [6, 6.07) is 10.1. The molecule has 67 valence electrons. The smallest absolute Gasteiger partial charge is 0.223 e. The number of rotatable bonds is 2. The molecule has 1 heterocycles. The zero-order valence-corrected chi connectivity index (χ0v) is 7.44. The van der Waals surface area contributed by atoms with Crippen LogP contribution in [-0.4, -0.2) is 10.8 Å². The summed E-state index contributed by atoms with van der Waals surface area (Å²) in [7, 11) is 0. The molecule has 0 saturated carbocycles. The van der Waals surface area contributed by atoms with E-state index in [-0.39, 0.29) is 5.91 Å². The van der Waals surface area contributed by atoms with Gasteiger partial charge in [-0.2, -0.15) is 0 Å². The molecule has 1 saturated heterocycles. The Hall–Kier alpha value is -1.31. The second-order valence-electron chi connectivity index (χ2n) is 3.23. The van der Waals surface area contributed by atoms with E-state index in [0.29, 0.717) is 6.42 Å². The first-order chi connectivity index (χ1) is 6.36. The lowest BCUT2D eigenvalue weighted by molar-refractivity contribution is -0.127. The molecule has 1 aliphatic heterocycles. The molecule has 0 atom stereocenters. The molecule has 0 N–H and O–H groups in total. The molecule has 1 aliphatic rings. The van der Waals surface area contributed by atoms with Crippen molar-refractivity contribution in [2.45, 2.75) is 19.4 Å². The summed E-state index contributed by atoms with van der Waals surface area (Å²) in [6.07, 6.45) is 1.57. The molecule has 0 aromatic heterocycles. The highest BCUT2D eigenvalue weighted by atomic mass is 16.2. The second kappa shape index (κ2) is 3.60. The first-order valence-corrected chi connectivity index (χ1v) is 4.53. The van der Waals surface area contributed by atoms with Gasteiger partial charge < -0.3 is 4.90 Å². The normalized spacial score (nSPS) is 16.6. The Morgan fingerprint density at radius 1 is 1.23 bits per heavy atom. The fourth-order valence-electron chi connectivity index (χ4n) is 1.52. The van der Waals surface area contributed by atoms with Crippen LogP contribution in [0.5, 0.6) is 0 Å². The fourth-order valence-corrected chi connectivity index (χ4v) is 1.52. The van der Waals surface area contributed by atoms with Crippen molar-refractivity contribution >= 4 is 5.91 Å². The predicted octanol–water partition coefficient (Wildman–Crippen LogP) is 1.97. The maximum atomic E-state index is 11.3. The third kappa shape index (κ3) is 1.89. The first-order valence-electron chi connectivity index (χ1n) is 4.53. The van der Waals surface area contributed by atoms with Crippen LogP contribution in [0.1, 0.15) is 18.4 Å². The van der Waals surface area contributed by atoms with Crippen molar-refractivity contribution in [1.29, 1.82) is 0 Å². The molecule has 2 heteroatoms. The fraction of sp³-hybridized carbons (Fsp3) is 0.273. The van der Waals surface area contributed by atoms with Crippen LogP contribution in [0.4, 0.5) is 0 Å². The molecular formula is C11H12NO. The van der Waals surface area contributed by atoms with Gasteiger partial charge in [0.25, 0.3) is 0 Å². The van der Waals surface area contributed by atoms with Crippen molar-refractivity contribution in [3.8, 4) is 0 Å². The van der Waals surface area contributed by atoms with Gasteiger partial charge in [0.05, 0.1) is 6.54 Å². The van der Waals surface area contributed by atoms with E-state index in [4.69, 9.17) is 0 Å². The van der Waals surface area contributed by atoms with Crippen molar-refractivity contribution in [1.82, 2.24) is 4.90 Å². The zero-order chi connectivity index (χ0) is 9.10. The molecule has 0 spiro atoms. The van der Waals surface area contributed by atoms with Crippen LogP contribution in [0.2, 0.25) is 0 Å². The summed E-state index contributed by atoms with van der Waals surface area (Å²) >= 11 is 0. The van der Waals surface area contributed by atoms with E-state index in [9.17, 15) is 4.79 Å². The van der Waals surface area contributed by atoms with Gasteiger partial charge in [0.15, 0.2) is 0 Å². The SMILES string of the molecule is O=C1CC[CH]N1Cc1ccccc1. The number of amides is 1. The van der Waals surface area contributed by atoms with Gasteiger partial charge in [-0.25, -0.2) is 0 Å². The number of carbonyl (C=O) groups is 1. The van der Waals surface area contributed by atoms with Crippen LogP contribution in [0.15, 0.2) is 30.3 Å². The lowest BCUT2D eigenvalue weighted by Gasteiger charge is -2.14. The van der Waals surface area contributed by atoms with Gasteiger partial charge in [-0.1, -0.05) is 30.3 Å². The van der Waals surface area contributed by atoms with Gasteiger partial charge in [0, 0.05) is 13.0 Å². The largest absolute Gasteiger partial charge is 0.333 e. The van der Waals surface area contributed by atoms with Gasteiger partial charge in [-0.05, 0) is 12.0 Å². The highest BCUT2D eigenvalue weighted by Crippen LogP contribution is 2.17. The quantitative estimate of drug-likeness (QED) is 0.671. The van der Waals surface area contributed by atoms with E-state index in [1.807, 2.05) is 36.9 Å². The van der Waals surface area contributed by atoms with Gasteiger partial charge in [0.2, 0.25) is 5.91 Å². The number of hydrogen-bond donors (Lipinski definition) is 0. The summed E-state index contributed by atoms with van der Waals surface area (Å²) in [5.41, 5.74) is 1.19. The number of likely N-dealkylation sites (tertiary alicyclic amines) is 1. The predicted molar refractivity (Wildman–Crippen MR) is 50.5 cm³/mol. The van der Waals surface area contributed by atoms with Crippen LogP contribution in [-0.2, 0) is 11.3 Å². The summed E-state index contributed by atoms with van der Waals surface area (Å²) in [5.74, 6) is 0.240. The summed E-state index contributed by atoms with van der Waals surface area (Å²) in [6.45, 7) is 2.70. The van der Waals surface area contributed by atoms with Crippen molar-refractivity contribution < 1.29 is 4.79 Å². The van der Waals surface area contributed by atoms with E-state index < -0.39 is 0 Å². The number of benzene rings is 1. The third-order valence-electron chi connectivity index (χ3n) is 2.22. The van der Waals surface area contributed by atoms with E-state index in [1.165, 1.54) is 5.56 Å². The van der Waals surface area contributed by atoms with Crippen molar-refractivity contribution in [3.63, 3.8) is 0 Å². The number of carbonyl (C=O) groups excluding carboxylic acids is 1. The molecule has 0 aliphatic carbocycles. The Kier molecular flexibility index (Phi) is 2.30. The Bertz CT molecular complexity index is 294. The monoisotopic (exact) mass is 174 g/mol. The third-order valence-corrected chi connectivity index (χ3v) is 2.22. The molecule has 1 aromatic carbocycles. The van der Waals surface area contributed by atoms with Crippen LogP contribution in [0.25, 0.3) is 0 Å². The molecule has 2 rings (SSSR count). The molecule has 1 amide bonds. The number of hydrogen-bond acceptors (Lipinski definition) is 1. The van der Waals surface area contributed by atoms with Crippen LogP contribution in [0, 0.1) is 6.54 Å². The van der Waals surface area contributed by atoms with Crippen LogP contribution in [0.3, 0.4) is 0 Å². The minimum Gasteiger partial charge on any atom is -0.333 e. The molecule has 1 radical (unpaired) electrons. The van der Waals surface area contributed by atoms with E-state index in [1.54, 1.807) is 4.90 Å². The summed E-state index contributed by atoms with van der Waals surface area (Å²) in [4.78, 5) is 13.1. The minimum absolute atomic E-state index is 0.240. The lowest BCUT2D eigenvalue weighted by atomic mass is 10.2. The van der Waals surface area contributed by atoms with Gasteiger partial charge in [-0.3, -0.25) is 4.79 Å². The summed E-state index contributed by atoms with van der Waals surface area (Å²) in [5, 5.41) is 0. The first kappa shape index (κ1) is 8.30. The highest BCUT2D eigenvalue weighted by Gasteiger charge is 2.20. The average Bonchev–Trinajstić information content (AvgIpc) is 2.54. The maximum Gasteiger partial charge on any atom is 0.223 e. The topological polar surface area (TPSA) is 20.3 Å². The Balaban J connectivity index is 2.02. The minimum atomic E-state index is 0.240. The maximum absolute atomic E-state index is 11.3. The van der Waals surface area contributed by atoms with E-state index in [0.717, 1.165) is 13.0 Å². The van der Waals surface area contributed by atoms with Crippen LogP contribution >= 0.6 is 0 Å². The van der Waals surface area contributed by atoms with Crippen molar-refractivity contribution in [3.05, 3.63) is 42.4 Å². The van der Waals surface area contributed by atoms with Gasteiger partial charge in [0.1, 0.15) is 0 Å². The average molecular weight is 174 g/mol. The highest BCUT2D eigenvalue weighted by molar-refractivity contribution is 5.79. The van der Waals surface area contributed by atoms with E-state index >= 15 is 0 Å². The lowest BCUT2D eigenvalue weighted by Crippen LogP contribution is -2.20. The molecule has 1 aromatic rings. The molecule has 1 fully saturated rings. The zero-order valence-electron chi connectivity index (χ0n) is 7.44. The molecule has 13 heavy (non-hydrogen) atoms. The second-order valence-corrected chi connectivity index (χ2v) is 3.23. The Morgan fingerprint density at radius 2 is 2.00 bits per heavy atom. The van der Waals surface area contributed by atoms with Crippen molar-refractivity contribution in [2.75, 3.05) is 0 Å². The van der Waals surface area contributed by atoms with Crippen molar-refractivity contribution in [2.24, 2.45) is 0 Å². The molecule has 0 bridgehead atoms. The summed E-state index contributed by atoms with van der Waals surface area (Å²) < 4.78 is 0. The van der Waals surface area contributed by atoms with Gasteiger partial charge in [-0.15, -0.1) is 0 Å². The molecular weight excluding hydrogens is 162 g/mol. The van der Waals surface area contributed by atoms with Crippen LogP contribution < -0.4 is 0 Å². The standard InChI is InChI=1S/C11H12NO/c13-11-7-4-8-12(11)9-10-5-2-1-3-6-10/h1-3,5-6,8H,4,7,9H2. The molecule has 2 nitrogen and oxygen atoms in total. The number of nitrogens with zero attached hydrogens (tertiary/aromatic N) is 1. The Labute approximate surface area is 78.2 Å². The van der Waals surface area contributed by atoms with E-state index in [2.05, 4.69) is 0 Å². The Morgan fingerprint density at radius 3 is 2.62 bits per heavy atom. The van der Waals surface area contributed by atoms with Gasteiger partial charge >= 0.3 is 0 Å².